The second-order valence-corrected chi connectivity index (χ2v) is 7.38. The number of hydrogen-bond acceptors (Lipinski definition) is 3. The van der Waals surface area contributed by atoms with Crippen LogP contribution in [0.25, 0.3) is 0 Å². The lowest BCUT2D eigenvalue weighted by molar-refractivity contribution is -0.148. The molecule has 0 aromatic heterocycles. The SMILES string of the molecule is CCCNC(=O)C1CCCN(C(=O)C(C)(C)Oc2ccc(Cl)cc2)C1. The fraction of sp³-hybridized carbons (Fsp3) is 0.579. The van der Waals surface area contributed by atoms with Gasteiger partial charge in [0, 0.05) is 24.7 Å². The Morgan fingerprint density at radius 1 is 1.32 bits per heavy atom. The predicted molar refractivity (Wildman–Crippen MR) is 98.8 cm³/mol. The molecule has 25 heavy (non-hydrogen) atoms. The van der Waals surface area contributed by atoms with Crippen molar-refractivity contribution in [2.75, 3.05) is 19.6 Å². The molecule has 1 aliphatic heterocycles. The van der Waals surface area contributed by atoms with Crippen molar-refractivity contribution in [3.05, 3.63) is 29.3 Å². The summed E-state index contributed by atoms with van der Waals surface area (Å²) in [6, 6.07) is 6.95. The van der Waals surface area contributed by atoms with Gasteiger partial charge in [-0.3, -0.25) is 9.59 Å². The van der Waals surface area contributed by atoms with Gasteiger partial charge in [0.2, 0.25) is 5.91 Å². The van der Waals surface area contributed by atoms with Crippen molar-refractivity contribution in [2.24, 2.45) is 5.92 Å². The van der Waals surface area contributed by atoms with Gasteiger partial charge in [-0.2, -0.15) is 0 Å². The lowest BCUT2D eigenvalue weighted by atomic mass is 9.95. The Hall–Kier alpha value is -1.75. The second kappa shape index (κ2) is 8.56. The Morgan fingerprint density at radius 3 is 2.64 bits per heavy atom. The molecule has 5 nitrogen and oxygen atoms in total. The van der Waals surface area contributed by atoms with Gasteiger partial charge >= 0.3 is 0 Å². The van der Waals surface area contributed by atoms with E-state index in [1.54, 1.807) is 43.0 Å². The first-order chi connectivity index (χ1) is 11.8. The van der Waals surface area contributed by atoms with Gasteiger partial charge in [0.15, 0.2) is 5.60 Å². The van der Waals surface area contributed by atoms with E-state index in [4.69, 9.17) is 16.3 Å². The third-order valence-corrected chi connectivity index (χ3v) is 4.58. The van der Waals surface area contributed by atoms with E-state index < -0.39 is 5.60 Å². The third kappa shape index (κ3) is 5.36. The van der Waals surface area contributed by atoms with Gasteiger partial charge in [0.1, 0.15) is 5.75 Å². The van der Waals surface area contributed by atoms with Crippen LogP contribution in [0.1, 0.15) is 40.0 Å². The average Bonchev–Trinajstić information content (AvgIpc) is 2.61. The first kappa shape index (κ1) is 19.6. The zero-order chi connectivity index (χ0) is 18.4. The molecular formula is C19H27ClN2O3. The standard InChI is InChI=1S/C19H27ClN2O3/c1-4-11-21-17(23)14-6-5-12-22(13-14)18(24)19(2,3)25-16-9-7-15(20)8-10-16/h7-10,14H,4-6,11-13H2,1-3H3,(H,21,23). The summed E-state index contributed by atoms with van der Waals surface area (Å²) < 4.78 is 5.88. The summed E-state index contributed by atoms with van der Waals surface area (Å²) in [5.41, 5.74) is -1.00. The molecular weight excluding hydrogens is 340 g/mol. The molecule has 0 saturated carbocycles. The van der Waals surface area contributed by atoms with Crippen molar-refractivity contribution in [3.63, 3.8) is 0 Å². The average molecular weight is 367 g/mol. The minimum atomic E-state index is -1.00. The number of halogens is 1. The van der Waals surface area contributed by atoms with Crippen LogP contribution in [0.3, 0.4) is 0 Å². The number of carbonyl (C=O) groups excluding carboxylic acids is 2. The number of amides is 2. The van der Waals surface area contributed by atoms with Crippen LogP contribution in [0.5, 0.6) is 5.75 Å². The van der Waals surface area contributed by atoms with Gasteiger partial charge in [-0.25, -0.2) is 0 Å². The molecule has 1 heterocycles. The number of hydrogen-bond donors (Lipinski definition) is 1. The number of carbonyl (C=O) groups is 2. The van der Waals surface area contributed by atoms with Gasteiger partial charge in [-0.05, 0) is 57.4 Å². The molecule has 0 aliphatic carbocycles. The highest BCUT2D eigenvalue weighted by atomic mass is 35.5. The summed E-state index contributed by atoms with van der Waals surface area (Å²) in [7, 11) is 0. The smallest absolute Gasteiger partial charge is 0.266 e. The Morgan fingerprint density at radius 2 is 2.00 bits per heavy atom. The molecule has 0 radical (unpaired) electrons. The van der Waals surface area contributed by atoms with Gasteiger partial charge in [0.25, 0.3) is 5.91 Å². The molecule has 1 saturated heterocycles. The first-order valence-corrected chi connectivity index (χ1v) is 9.23. The third-order valence-electron chi connectivity index (χ3n) is 4.33. The monoisotopic (exact) mass is 366 g/mol. The molecule has 0 bridgehead atoms. The van der Waals surface area contributed by atoms with Crippen molar-refractivity contribution in [1.29, 1.82) is 0 Å². The van der Waals surface area contributed by atoms with Gasteiger partial charge in [-0.1, -0.05) is 18.5 Å². The molecule has 1 aliphatic rings. The minimum Gasteiger partial charge on any atom is -0.478 e. The molecule has 138 valence electrons. The van der Waals surface area contributed by atoms with Gasteiger partial charge < -0.3 is 15.0 Å². The summed E-state index contributed by atoms with van der Waals surface area (Å²) >= 11 is 5.88. The highest BCUT2D eigenvalue weighted by Crippen LogP contribution is 2.25. The fourth-order valence-electron chi connectivity index (χ4n) is 2.99. The van der Waals surface area contributed by atoms with E-state index in [1.165, 1.54) is 0 Å². The Balaban J connectivity index is 1.99. The van der Waals surface area contributed by atoms with Crippen LogP contribution in [-0.2, 0) is 9.59 Å². The summed E-state index contributed by atoms with van der Waals surface area (Å²) in [6.45, 7) is 7.31. The number of benzene rings is 1. The molecule has 2 amide bonds. The second-order valence-electron chi connectivity index (χ2n) is 6.95. The maximum Gasteiger partial charge on any atom is 0.266 e. The lowest BCUT2D eigenvalue weighted by Crippen LogP contribution is -2.53. The summed E-state index contributed by atoms with van der Waals surface area (Å²) in [6.07, 6.45) is 2.55. The Labute approximate surface area is 154 Å². The molecule has 1 aromatic rings. The van der Waals surface area contributed by atoms with Crippen LogP contribution in [0.2, 0.25) is 5.02 Å². The summed E-state index contributed by atoms with van der Waals surface area (Å²) in [5.74, 6) is 0.388. The topological polar surface area (TPSA) is 58.6 Å². The largest absolute Gasteiger partial charge is 0.478 e. The van der Waals surface area contributed by atoms with Crippen LogP contribution in [0, 0.1) is 5.92 Å². The zero-order valence-corrected chi connectivity index (χ0v) is 15.9. The van der Waals surface area contributed by atoms with Crippen LogP contribution < -0.4 is 10.1 Å². The van der Waals surface area contributed by atoms with Crippen LogP contribution >= 0.6 is 11.6 Å². The van der Waals surface area contributed by atoms with Crippen molar-refractivity contribution >= 4 is 23.4 Å². The molecule has 6 heteroatoms. The van der Waals surface area contributed by atoms with Crippen molar-refractivity contribution in [2.45, 2.75) is 45.6 Å². The molecule has 1 aromatic carbocycles. The Bertz CT molecular complexity index is 601. The Kier molecular flexibility index (Phi) is 6.71. The molecule has 0 spiro atoms. The maximum absolute atomic E-state index is 12.9. The maximum atomic E-state index is 12.9. The number of rotatable bonds is 6. The van der Waals surface area contributed by atoms with Gasteiger partial charge in [-0.15, -0.1) is 0 Å². The van der Waals surface area contributed by atoms with E-state index in [9.17, 15) is 9.59 Å². The molecule has 2 rings (SSSR count). The van der Waals surface area contributed by atoms with E-state index in [0.717, 1.165) is 19.3 Å². The normalized spacial score (nSPS) is 17.9. The lowest BCUT2D eigenvalue weighted by Gasteiger charge is -2.37. The van der Waals surface area contributed by atoms with Gasteiger partial charge in [0.05, 0.1) is 5.92 Å². The van der Waals surface area contributed by atoms with Crippen LogP contribution in [0.4, 0.5) is 0 Å². The number of likely N-dealkylation sites (tertiary alicyclic amines) is 1. The highest BCUT2D eigenvalue weighted by molar-refractivity contribution is 6.30. The van der Waals surface area contributed by atoms with E-state index >= 15 is 0 Å². The summed E-state index contributed by atoms with van der Waals surface area (Å²) in [4.78, 5) is 26.9. The molecule has 1 unspecified atom stereocenters. The van der Waals surface area contributed by atoms with Crippen molar-refractivity contribution < 1.29 is 14.3 Å². The van der Waals surface area contributed by atoms with Crippen LogP contribution in [-0.4, -0.2) is 41.9 Å². The molecule has 1 fully saturated rings. The number of piperidine rings is 1. The molecule has 1 atom stereocenters. The minimum absolute atomic E-state index is 0.0378. The fourth-order valence-corrected chi connectivity index (χ4v) is 3.12. The first-order valence-electron chi connectivity index (χ1n) is 8.85. The number of nitrogens with zero attached hydrogens (tertiary/aromatic N) is 1. The predicted octanol–water partition coefficient (Wildman–Crippen LogP) is 3.26. The van der Waals surface area contributed by atoms with E-state index in [0.29, 0.717) is 30.4 Å². The number of ether oxygens (including phenoxy) is 1. The zero-order valence-electron chi connectivity index (χ0n) is 15.2. The van der Waals surface area contributed by atoms with Crippen LogP contribution in [0.15, 0.2) is 24.3 Å². The summed E-state index contributed by atoms with van der Waals surface area (Å²) in [5, 5.41) is 3.54. The van der Waals surface area contributed by atoms with E-state index in [1.807, 2.05) is 6.92 Å². The highest BCUT2D eigenvalue weighted by Gasteiger charge is 2.37. The number of nitrogens with one attached hydrogen (secondary N) is 1. The van der Waals surface area contributed by atoms with E-state index in [-0.39, 0.29) is 17.7 Å². The van der Waals surface area contributed by atoms with E-state index in [2.05, 4.69) is 5.32 Å². The van der Waals surface area contributed by atoms with Crippen molar-refractivity contribution in [1.82, 2.24) is 10.2 Å². The molecule has 1 N–H and O–H groups in total. The van der Waals surface area contributed by atoms with Crippen molar-refractivity contribution in [3.8, 4) is 5.75 Å². The quantitative estimate of drug-likeness (QED) is 0.840.